The van der Waals surface area contributed by atoms with Crippen LogP contribution in [0.15, 0.2) is 48.7 Å². The number of aryl methyl sites for hydroxylation is 1. The van der Waals surface area contributed by atoms with E-state index in [1.54, 1.807) is 7.11 Å². The minimum absolute atomic E-state index is 0.0365. The van der Waals surface area contributed by atoms with Gasteiger partial charge >= 0.3 is 0 Å². The van der Waals surface area contributed by atoms with Crippen molar-refractivity contribution in [3.8, 4) is 5.75 Å². The Morgan fingerprint density at radius 1 is 1.16 bits per heavy atom. The second-order valence-electron chi connectivity index (χ2n) is 8.24. The van der Waals surface area contributed by atoms with Crippen molar-refractivity contribution in [3.05, 3.63) is 76.3 Å². The first-order valence-corrected chi connectivity index (χ1v) is 11.3. The van der Waals surface area contributed by atoms with E-state index in [-0.39, 0.29) is 12.1 Å². The average molecular weight is 453 g/mol. The molecule has 0 radical (unpaired) electrons. The average Bonchev–Trinajstić information content (AvgIpc) is 3.47. The highest BCUT2D eigenvalue weighted by Crippen LogP contribution is 2.46. The molecule has 5 rings (SSSR count). The van der Waals surface area contributed by atoms with Crippen LogP contribution in [0.5, 0.6) is 5.75 Å². The highest BCUT2D eigenvalue weighted by Gasteiger charge is 2.43. The van der Waals surface area contributed by atoms with Crippen molar-refractivity contribution in [2.24, 2.45) is 0 Å². The fourth-order valence-corrected chi connectivity index (χ4v) is 5.35. The van der Waals surface area contributed by atoms with E-state index < -0.39 is 0 Å². The van der Waals surface area contributed by atoms with Crippen LogP contribution in [0.3, 0.4) is 0 Å². The minimum atomic E-state index is -0.0669. The summed E-state index contributed by atoms with van der Waals surface area (Å²) in [5.74, 6) is 0.647. The van der Waals surface area contributed by atoms with Gasteiger partial charge in [-0.15, -0.1) is 0 Å². The van der Waals surface area contributed by atoms with Crippen molar-refractivity contribution in [3.63, 3.8) is 0 Å². The lowest BCUT2D eigenvalue weighted by Gasteiger charge is -2.28. The number of ether oxygens (including phenoxy) is 1. The first-order valence-electron chi connectivity index (χ1n) is 10.5. The van der Waals surface area contributed by atoms with E-state index in [9.17, 15) is 0 Å². The van der Waals surface area contributed by atoms with Gasteiger partial charge in [-0.25, -0.2) is 0 Å². The predicted octanol–water partition coefficient (Wildman–Crippen LogP) is 5.67. The number of hydrogen-bond acceptors (Lipinski definition) is 3. The zero-order valence-electron chi connectivity index (χ0n) is 17.8. The summed E-state index contributed by atoms with van der Waals surface area (Å²) in [6, 6.07) is 14.6. The molecule has 0 spiro atoms. The molecule has 2 fully saturated rings. The highest BCUT2D eigenvalue weighted by atomic mass is 35.5. The Morgan fingerprint density at radius 2 is 1.97 bits per heavy atom. The van der Waals surface area contributed by atoms with Gasteiger partial charge in [0.1, 0.15) is 5.75 Å². The van der Waals surface area contributed by atoms with Gasteiger partial charge in [0.15, 0.2) is 5.11 Å². The van der Waals surface area contributed by atoms with Gasteiger partial charge in [-0.1, -0.05) is 17.7 Å². The zero-order valence-corrected chi connectivity index (χ0v) is 19.4. The van der Waals surface area contributed by atoms with E-state index in [1.165, 1.54) is 29.8 Å². The third-order valence-electron chi connectivity index (χ3n) is 6.27. The molecule has 1 aromatic carbocycles. The molecule has 2 aromatic heterocycles. The molecule has 0 bridgehead atoms. The maximum absolute atomic E-state index is 6.48. The van der Waals surface area contributed by atoms with Crippen LogP contribution in [0, 0.1) is 13.8 Å². The second-order valence-corrected chi connectivity index (χ2v) is 9.04. The van der Waals surface area contributed by atoms with Crippen molar-refractivity contribution in [2.45, 2.75) is 44.8 Å². The monoisotopic (exact) mass is 452 g/mol. The molecule has 1 saturated carbocycles. The van der Waals surface area contributed by atoms with Crippen LogP contribution in [0.2, 0.25) is 5.02 Å². The molecule has 160 valence electrons. The number of nitrogens with one attached hydrogen (secondary N) is 1. The van der Waals surface area contributed by atoms with Gasteiger partial charge < -0.3 is 19.5 Å². The summed E-state index contributed by atoms with van der Waals surface area (Å²) in [4.78, 5) is 6.81. The van der Waals surface area contributed by atoms with Crippen molar-refractivity contribution < 1.29 is 4.74 Å². The molecule has 0 amide bonds. The predicted molar refractivity (Wildman–Crippen MR) is 128 cm³/mol. The third-order valence-corrected chi connectivity index (χ3v) is 6.88. The smallest absolute Gasteiger partial charge is 0.174 e. The fraction of sp³-hybridized carbons (Fsp3) is 0.333. The number of hydrogen-bond donors (Lipinski definition) is 1. The Kier molecular flexibility index (Phi) is 5.15. The van der Waals surface area contributed by atoms with Crippen LogP contribution >= 0.6 is 23.8 Å². The quantitative estimate of drug-likeness (QED) is 0.505. The van der Waals surface area contributed by atoms with E-state index in [1.807, 2.05) is 36.5 Å². The molecule has 1 aliphatic heterocycles. The van der Waals surface area contributed by atoms with Crippen molar-refractivity contribution in [1.29, 1.82) is 0 Å². The summed E-state index contributed by atoms with van der Waals surface area (Å²) in [5, 5.41) is 4.75. The first kappa shape index (κ1) is 20.3. The molecule has 31 heavy (non-hydrogen) atoms. The molecule has 2 aliphatic rings. The van der Waals surface area contributed by atoms with Crippen molar-refractivity contribution >= 4 is 34.6 Å². The Balaban J connectivity index is 1.65. The Morgan fingerprint density at radius 3 is 2.61 bits per heavy atom. The van der Waals surface area contributed by atoms with Crippen LogP contribution in [0.1, 0.15) is 53.6 Å². The van der Waals surface area contributed by atoms with Gasteiger partial charge in [0.2, 0.25) is 0 Å². The molecule has 5 nitrogen and oxygen atoms in total. The van der Waals surface area contributed by atoms with Crippen LogP contribution in [0.4, 0.5) is 5.69 Å². The summed E-state index contributed by atoms with van der Waals surface area (Å²) >= 11 is 12.3. The molecule has 1 aliphatic carbocycles. The van der Waals surface area contributed by atoms with E-state index in [0.717, 1.165) is 11.4 Å². The lowest BCUT2D eigenvalue weighted by Crippen LogP contribution is -2.29. The van der Waals surface area contributed by atoms with E-state index >= 15 is 0 Å². The minimum Gasteiger partial charge on any atom is -0.495 e. The van der Waals surface area contributed by atoms with Crippen molar-refractivity contribution in [2.75, 3.05) is 12.0 Å². The SMILES string of the molecule is COc1ccc(N2C(=S)N[C@H](c3ccccn3)[C@H]2c2cc(C)n(C3CC3)c2C)cc1Cl. The Hall–Kier alpha value is -2.57. The number of anilines is 1. The molecule has 3 aromatic rings. The molecular formula is C24H25ClN4OS. The molecule has 3 heterocycles. The molecule has 7 heteroatoms. The number of benzene rings is 1. The summed E-state index contributed by atoms with van der Waals surface area (Å²) in [5.41, 5.74) is 5.75. The van der Waals surface area contributed by atoms with Crippen LogP contribution in [-0.2, 0) is 0 Å². The van der Waals surface area contributed by atoms with Crippen LogP contribution in [0.25, 0.3) is 0 Å². The molecule has 2 atom stereocenters. The number of methoxy groups -OCH3 is 1. The van der Waals surface area contributed by atoms with Gasteiger partial charge in [0.05, 0.1) is 29.9 Å². The normalized spacial score (nSPS) is 20.8. The lowest BCUT2D eigenvalue weighted by atomic mass is 9.96. The van der Waals surface area contributed by atoms with E-state index in [2.05, 4.69) is 45.7 Å². The van der Waals surface area contributed by atoms with Gasteiger partial charge in [0.25, 0.3) is 0 Å². The summed E-state index contributed by atoms with van der Waals surface area (Å²) < 4.78 is 7.83. The summed E-state index contributed by atoms with van der Waals surface area (Å²) in [6.07, 6.45) is 4.33. The number of thiocarbonyl (C=S) groups is 1. The number of nitrogens with zero attached hydrogens (tertiary/aromatic N) is 3. The largest absolute Gasteiger partial charge is 0.495 e. The Labute approximate surface area is 193 Å². The second kappa shape index (κ2) is 7.84. The maximum atomic E-state index is 6.48. The molecular weight excluding hydrogens is 428 g/mol. The number of aromatic nitrogens is 2. The number of rotatable bonds is 5. The molecule has 0 unspecified atom stereocenters. The fourth-order valence-electron chi connectivity index (χ4n) is 4.75. The van der Waals surface area contributed by atoms with E-state index in [4.69, 9.17) is 28.6 Å². The standard InChI is InChI=1S/C24H25ClN4OS/c1-14-12-18(15(2)28(14)16-7-8-16)23-22(20-6-4-5-11-26-20)27-24(31)29(23)17-9-10-21(30-3)19(25)13-17/h4-6,9-13,16,22-23H,7-8H2,1-3H3,(H,27,31)/t22-,23-/m1/s1. The molecule has 1 saturated heterocycles. The van der Waals surface area contributed by atoms with Crippen LogP contribution in [-0.4, -0.2) is 21.8 Å². The number of halogens is 1. The molecule has 1 N–H and O–H groups in total. The van der Waals surface area contributed by atoms with Gasteiger partial charge in [-0.05, 0) is 80.9 Å². The maximum Gasteiger partial charge on any atom is 0.174 e. The van der Waals surface area contributed by atoms with Gasteiger partial charge in [0, 0.05) is 29.3 Å². The highest BCUT2D eigenvalue weighted by molar-refractivity contribution is 7.80. The Bertz CT molecular complexity index is 1140. The summed E-state index contributed by atoms with van der Waals surface area (Å²) in [6.45, 7) is 4.41. The van der Waals surface area contributed by atoms with E-state index in [0.29, 0.717) is 21.9 Å². The lowest BCUT2D eigenvalue weighted by molar-refractivity contribution is 0.415. The van der Waals surface area contributed by atoms with Crippen molar-refractivity contribution in [1.82, 2.24) is 14.9 Å². The number of pyridine rings is 1. The van der Waals surface area contributed by atoms with Gasteiger partial charge in [-0.3, -0.25) is 4.98 Å². The van der Waals surface area contributed by atoms with Gasteiger partial charge in [-0.2, -0.15) is 0 Å². The third kappa shape index (κ3) is 3.48. The zero-order chi connectivity index (χ0) is 21.7. The summed E-state index contributed by atoms with van der Waals surface area (Å²) in [7, 11) is 1.62. The topological polar surface area (TPSA) is 42.3 Å². The van der Waals surface area contributed by atoms with Crippen LogP contribution < -0.4 is 15.0 Å². The first-order chi connectivity index (χ1) is 15.0.